The number of thioether (sulfide) groups is 1. The largest absolute Gasteiger partial charge is 0.334 e. The fourth-order valence-corrected chi connectivity index (χ4v) is 4.20. The molecule has 1 heterocycles. The molecule has 3 amide bonds. The Balaban J connectivity index is 1.84. The summed E-state index contributed by atoms with van der Waals surface area (Å²) in [7, 11) is 0. The number of hydrogen-bond donors (Lipinski definition) is 1. The summed E-state index contributed by atoms with van der Waals surface area (Å²) < 4.78 is 14.1. The summed E-state index contributed by atoms with van der Waals surface area (Å²) in [5, 5.41) is 1.73. The first kappa shape index (κ1) is 20.1. The molecule has 2 aromatic rings. The van der Waals surface area contributed by atoms with Gasteiger partial charge in [0.05, 0.1) is 10.8 Å². The molecule has 0 aliphatic carbocycles. The maximum Gasteiger partial charge on any atom is 0.255 e. The summed E-state index contributed by atoms with van der Waals surface area (Å²) in [4.78, 5) is 38.8. The van der Waals surface area contributed by atoms with Gasteiger partial charge in [0.15, 0.2) is 0 Å². The minimum absolute atomic E-state index is 0.0971. The zero-order valence-corrected chi connectivity index (χ0v) is 16.3. The van der Waals surface area contributed by atoms with Crippen LogP contribution in [0.5, 0.6) is 0 Å². The second kappa shape index (κ2) is 9.01. The van der Waals surface area contributed by atoms with Crippen LogP contribution in [-0.2, 0) is 16.1 Å². The van der Waals surface area contributed by atoms with Gasteiger partial charge in [-0.2, -0.15) is 0 Å². The van der Waals surface area contributed by atoms with E-state index in [4.69, 9.17) is 0 Å². The summed E-state index contributed by atoms with van der Waals surface area (Å²) >= 11 is 1.21. The molecule has 1 saturated heterocycles. The van der Waals surface area contributed by atoms with Crippen LogP contribution in [0.1, 0.15) is 35.7 Å². The molecule has 0 saturated carbocycles. The van der Waals surface area contributed by atoms with Gasteiger partial charge >= 0.3 is 0 Å². The van der Waals surface area contributed by atoms with Gasteiger partial charge in [-0.05, 0) is 24.6 Å². The van der Waals surface area contributed by atoms with Crippen LogP contribution in [0, 0.1) is 5.82 Å². The summed E-state index contributed by atoms with van der Waals surface area (Å²) in [6, 6.07) is 13.4. The molecule has 3 rings (SSSR count). The Morgan fingerprint density at radius 2 is 1.89 bits per heavy atom. The Morgan fingerprint density at radius 3 is 2.57 bits per heavy atom. The highest BCUT2D eigenvalue weighted by atomic mass is 32.2. The SMILES string of the molecule is CCCN(Cc1ccccc1F)C(=O)c1ccccc1SC1CC(=O)NC1=O. The molecule has 5 nitrogen and oxygen atoms in total. The summed E-state index contributed by atoms with van der Waals surface area (Å²) in [5.41, 5.74) is 0.902. The Morgan fingerprint density at radius 1 is 1.18 bits per heavy atom. The van der Waals surface area contributed by atoms with Crippen molar-refractivity contribution in [1.82, 2.24) is 10.2 Å². The Labute approximate surface area is 167 Å². The lowest BCUT2D eigenvalue weighted by molar-refractivity contribution is -0.124. The van der Waals surface area contributed by atoms with E-state index in [2.05, 4.69) is 5.32 Å². The predicted octanol–water partition coefficient (Wildman–Crippen LogP) is 3.39. The van der Waals surface area contributed by atoms with E-state index in [1.807, 2.05) is 6.92 Å². The van der Waals surface area contributed by atoms with E-state index < -0.39 is 5.25 Å². The maximum atomic E-state index is 14.1. The van der Waals surface area contributed by atoms with E-state index >= 15 is 0 Å². The van der Waals surface area contributed by atoms with Crippen LogP contribution >= 0.6 is 11.8 Å². The second-order valence-corrected chi connectivity index (χ2v) is 7.78. The Kier molecular flexibility index (Phi) is 6.46. The monoisotopic (exact) mass is 400 g/mol. The molecule has 28 heavy (non-hydrogen) atoms. The number of nitrogens with one attached hydrogen (secondary N) is 1. The lowest BCUT2D eigenvalue weighted by Gasteiger charge is -2.24. The van der Waals surface area contributed by atoms with Gasteiger partial charge < -0.3 is 4.90 Å². The van der Waals surface area contributed by atoms with Gasteiger partial charge in [0.25, 0.3) is 5.91 Å². The molecule has 0 spiro atoms. The number of carbonyl (C=O) groups excluding carboxylic acids is 3. The van der Waals surface area contributed by atoms with Gasteiger partial charge in [-0.15, -0.1) is 11.8 Å². The van der Waals surface area contributed by atoms with E-state index in [0.717, 1.165) is 6.42 Å². The van der Waals surface area contributed by atoms with Crippen LogP contribution in [0.2, 0.25) is 0 Å². The van der Waals surface area contributed by atoms with Gasteiger partial charge in [0.1, 0.15) is 5.82 Å². The molecule has 7 heteroatoms. The lowest BCUT2D eigenvalue weighted by Crippen LogP contribution is -2.32. The van der Waals surface area contributed by atoms with Crippen molar-refractivity contribution in [3.63, 3.8) is 0 Å². The molecule has 1 unspecified atom stereocenters. The van der Waals surface area contributed by atoms with Crippen molar-refractivity contribution < 1.29 is 18.8 Å². The van der Waals surface area contributed by atoms with Crippen molar-refractivity contribution in [2.75, 3.05) is 6.54 Å². The molecule has 1 atom stereocenters. The first-order valence-corrected chi connectivity index (χ1v) is 9.99. The van der Waals surface area contributed by atoms with Crippen LogP contribution in [-0.4, -0.2) is 34.4 Å². The van der Waals surface area contributed by atoms with E-state index in [1.54, 1.807) is 47.4 Å². The highest BCUT2D eigenvalue weighted by molar-refractivity contribution is 8.00. The van der Waals surface area contributed by atoms with Crippen molar-refractivity contribution in [2.45, 2.75) is 36.5 Å². The first-order valence-electron chi connectivity index (χ1n) is 9.11. The van der Waals surface area contributed by atoms with E-state index in [1.165, 1.54) is 17.8 Å². The standard InChI is InChI=1S/C21H21FN2O3S/c1-2-11-24(13-14-7-3-5-9-16(14)22)21(27)15-8-4-6-10-17(15)28-18-12-19(25)23-20(18)26/h3-10,18H,2,11-13H2,1H3,(H,23,25,26). The number of benzene rings is 2. The minimum atomic E-state index is -0.548. The van der Waals surface area contributed by atoms with Gasteiger partial charge in [0, 0.05) is 30.0 Å². The zero-order chi connectivity index (χ0) is 20.1. The molecule has 1 N–H and O–H groups in total. The highest BCUT2D eigenvalue weighted by Gasteiger charge is 2.32. The average molecular weight is 400 g/mol. The quantitative estimate of drug-likeness (QED) is 0.724. The molecule has 2 aromatic carbocycles. The smallest absolute Gasteiger partial charge is 0.255 e. The fourth-order valence-electron chi connectivity index (χ4n) is 3.05. The van der Waals surface area contributed by atoms with Crippen LogP contribution in [0.4, 0.5) is 4.39 Å². The summed E-state index contributed by atoms with van der Waals surface area (Å²) in [6.45, 7) is 2.60. The van der Waals surface area contributed by atoms with Gasteiger partial charge in [-0.3, -0.25) is 19.7 Å². The normalized spacial score (nSPS) is 16.1. The average Bonchev–Trinajstić information content (AvgIpc) is 3.00. The fraction of sp³-hybridized carbons (Fsp3) is 0.286. The molecule has 0 radical (unpaired) electrons. The van der Waals surface area contributed by atoms with E-state index in [0.29, 0.717) is 22.6 Å². The van der Waals surface area contributed by atoms with Gasteiger partial charge in [-0.25, -0.2) is 4.39 Å². The van der Waals surface area contributed by atoms with Crippen molar-refractivity contribution in [3.8, 4) is 0 Å². The number of rotatable bonds is 7. The number of imide groups is 1. The van der Waals surface area contributed by atoms with Crippen molar-refractivity contribution >= 4 is 29.5 Å². The summed E-state index contributed by atoms with van der Waals surface area (Å²) in [6.07, 6.45) is 0.828. The molecule has 0 aromatic heterocycles. The molecule has 0 bridgehead atoms. The van der Waals surface area contributed by atoms with Crippen molar-refractivity contribution in [2.24, 2.45) is 0 Å². The third-order valence-corrected chi connectivity index (χ3v) is 5.69. The molecule has 146 valence electrons. The number of hydrogen-bond acceptors (Lipinski definition) is 4. The van der Waals surface area contributed by atoms with Crippen LogP contribution in [0.25, 0.3) is 0 Å². The summed E-state index contributed by atoms with van der Waals surface area (Å²) in [5.74, 6) is -1.22. The Hall–Kier alpha value is -2.67. The molecular formula is C21H21FN2O3S. The van der Waals surface area contributed by atoms with Crippen molar-refractivity contribution in [3.05, 3.63) is 65.5 Å². The number of nitrogens with zero attached hydrogens (tertiary/aromatic N) is 1. The zero-order valence-electron chi connectivity index (χ0n) is 15.5. The lowest BCUT2D eigenvalue weighted by atomic mass is 10.1. The maximum absolute atomic E-state index is 14.1. The topological polar surface area (TPSA) is 66.5 Å². The number of halogens is 1. The Bertz CT molecular complexity index is 903. The highest BCUT2D eigenvalue weighted by Crippen LogP contribution is 2.31. The van der Waals surface area contributed by atoms with Gasteiger partial charge in [-0.1, -0.05) is 37.3 Å². The predicted molar refractivity (Wildman–Crippen MR) is 105 cm³/mol. The number of amides is 3. The van der Waals surface area contributed by atoms with Crippen LogP contribution < -0.4 is 5.32 Å². The first-order chi connectivity index (χ1) is 13.5. The van der Waals surface area contributed by atoms with E-state index in [9.17, 15) is 18.8 Å². The van der Waals surface area contributed by atoms with E-state index in [-0.39, 0.29) is 36.5 Å². The minimum Gasteiger partial charge on any atom is -0.334 e. The van der Waals surface area contributed by atoms with Gasteiger partial charge in [0.2, 0.25) is 11.8 Å². The second-order valence-electron chi connectivity index (χ2n) is 6.54. The molecular weight excluding hydrogens is 379 g/mol. The molecule has 1 aliphatic rings. The third kappa shape index (κ3) is 4.59. The van der Waals surface area contributed by atoms with Crippen LogP contribution in [0.15, 0.2) is 53.4 Å². The van der Waals surface area contributed by atoms with Crippen molar-refractivity contribution in [1.29, 1.82) is 0 Å². The third-order valence-electron chi connectivity index (χ3n) is 4.41. The molecule has 1 fully saturated rings. The molecule has 1 aliphatic heterocycles. The van der Waals surface area contributed by atoms with Crippen LogP contribution in [0.3, 0.4) is 0 Å². The number of carbonyl (C=O) groups is 3.